The fourth-order valence-corrected chi connectivity index (χ4v) is 6.30. The molecule has 0 unspecified atom stereocenters. The molecule has 4 heterocycles. The Morgan fingerprint density at radius 3 is 2.51 bits per heavy atom. The standard InChI is InChI=1S/C29H33N7O3/c37-29-23(15-21-16-25-26(39-19-38-25)17-24(21)30-29)27(28-31-32-33-36(28)22-9-5-2-6-10-22)35-13-11-34(12-14-35)18-20-7-3-1-4-8-20/h1,3-4,7-8,15-17,22,27H,2,5-6,9-14,18-19H2,(H,30,37)/t27-/m0/s1. The number of tetrazole rings is 1. The summed E-state index contributed by atoms with van der Waals surface area (Å²) in [4.78, 5) is 21.6. The van der Waals surface area contributed by atoms with E-state index in [0.29, 0.717) is 17.1 Å². The van der Waals surface area contributed by atoms with Gasteiger partial charge in [-0.25, -0.2) is 4.68 Å². The van der Waals surface area contributed by atoms with Gasteiger partial charge in [0.1, 0.15) is 6.04 Å². The lowest BCUT2D eigenvalue weighted by atomic mass is 9.95. The van der Waals surface area contributed by atoms with E-state index in [1.165, 1.54) is 24.8 Å². The first-order valence-electron chi connectivity index (χ1n) is 14.0. The first kappa shape index (κ1) is 24.3. The zero-order valence-corrected chi connectivity index (χ0v) is 22.0. The Morgan fingerprint density at radius 2 is 1.72 bits per heavy atom. The van der Waals surface area contributed by atoms with Crippen molar-refractivity contribution in [3.8, 4) is 11.5 Å². The number of piperazine rings is 1. The van der Waals surface area contributed by atoms with Crippen molar-refractivity contribution < 1.29 is 9.47 Å². The van der Waals surface area contributed by atoms with Gasteiger partial charge in [-0.3, -0.25) is 14.6 Å². The molecule has 2 aromatic heterocycles. The fraction of sp³-hybridized carbons (Fsp3) is 0.448. The molecular weight excluding hydrogens is 494 g/mol. The van der Waals surface area contributed by atoms with Crippen LogP contribution in [0.25, 0.3) is 10.9 Å². The lowest BCUT2D eigenvalue weighted by molar-refractivity contribution is 0.0982. The number of ether oxygens (including phenoxy) is 2. The smallest absolute Gasteiger partial charge is 0.253 e. The van der Waals surface area contributed by atoms with Crippen molar-refractivity contribution >= 4 is 10.9 Å². The molecule has 1 atom stereocenters. The van der Waals surface area contributed by atoms with E-state index in [0.717, 1.165) is 62.3 Å². The molecule has 1 saturated carbocycles. The number of hydrogen-bond acceptors (Lipinski definition) is 8. The second kappa shape index (κ2) is 10.4. The van der Waals surface area contributed by atoms with Gasteiger partial charge < -0.3 is 14.5 Å². The normalized spacial score (nSPS) is 19.5. The van der Waals surface area contributed by atoms with Crippen molar-refractivity contribution in [3.05, 3.63) is 75.8 Å². The van der Waals surface area contributed by atoms with Gasteiger partial charge in [-0.05, 0) is 41.0 Å². The van der Waals surface area contributed by atoms with Crippen LogP contribution in [0, 0.1) is 0 Å². The molecule has 2 fully saturated rings. The van der Waals surface area contributed by atoms with Crippen molar-refractivity contribution in [2.24, 2.45) is 0 Å². The summed E-state index contributed by atoms with van der Waals surface area (Å²) in [6.45, 7) is 4.54. The molecule has 10 heteroatoms. The zero-order chi connectivity index (χ0) is 26.2. The highest BCUT2D eigenvalue weighted by Gasteiger charge is 2.34. The van der Waals surface area contributed by atoms with Gasteiger partial charge in [0.05, 0.1) is 11.6 Å². The van der Waals surface area contributed by atoms with E-state index in [2.05, 4.69) is 60.6 Å². The average molecular weight is 528 g/mol. The number of hydrogen-bond donors (Lipinski definition) is 1. The summed E-state index contributed by atoms with van der Waals surface area (Å²) < 4.78 is 13.1. The minimum Gasteiger partial charge on any atom is -0.454 e. The number of nitrogens with zero attached hydrogens (tertiary/aromatic N) is 6. The maximum Gasteiger partial charge on any atom is 0.253 e. The van der Waals surface area contributed by atoms with Gasteiger partial charge in [0.25, 0.3) is 5.56 Å². The molecule has 0 bridgehead atoms. The van der Waals surface area contributed by atoms with Crippen LogP contribution in [0.2, 0.25) is 0 Å². The van der Waals surface area contributed by atoms with Crippen LogP contribution in [-0.4, -0.2) is 68.0 Å². The molecule has 2 aromatic carbocycles. The van der Waals surface area contributed by atoms with E-state index < -0.39 is 0 Å². The summed E-state index contributed by atoms with van der Waals surface area (Å²) in [5.74, 6) is 2.10. The van der Waals surface area contributed by atoms with Crippen molar-refractivity contribution in [2.45, 2.75) is 50.7 Å². The number of nitrogens with one attached hydrogen (secondary N) is 1. The first-order valence-corrected chi connectivity index (χ1v) is 14.0. The Labute approximate surface area is 226 Å². The number of H-pyrrole nitrogens is 1. The topological polar surface area (TPSA) is 101 Å². The number of aromatic nitrogens is 5. The number of aromatic amines is 1. The maximum atomic E-state index is 13.7. The lowest BCUT2D eigenvalue weighted by Gasteiger charge is -2.39. The highest BCUT2D eigenvalue weighted by Crippen LogP contribution is 2.37. The van der Waals surface area contributed by atoms with Crippen LogP contribution in [0.3, 0.4) is 0 Å². The SMILES string of the molecule is O=c1[nH]c2cc3c(cc2cc1[C@@H](c1nnnn1C1CCCCC1)N1CCN(Cc2ccccc2)CC1)OCO3. The Kier molecular flexibility index (Phi) is 6.49. The first-order chi connectivity index (χ1) is 19.2. The van der Waals surface area contributed by atoms with Crippen molar-refractivity contribution in [3.63, 3.8) is 0 Å². The lowest BCUT2D eigenvalue weighted by Crippen LogP contribution is -2.48. The Hall–Kier alpha value is -3.76. The third-order valence-electron chi connectivity index (χ3n) is 8.37. The Bertz CT molecular complexity index is 1500. The predicted octanol–water partition coefficient (Wildman–Crippen LogP) is 3.66. The summed E-state index contributed by atoms with van der Waals surface area (Å²) in [5, 5.41) is 14.0. The number of rotatable bonds is 6. The number of fused-ring (bicyclic) bond motifs is 2. The summed E-state index contributed by atoms with van der Waals surface area (Å²) >= 11 is 0. The van der Waals surface area contributed by atoms with E-state index in [-0.39, 0.29) is 24.4 Å². The summed E-state index contributed by atoms with van der Waals surface area (Å²) in [6, 6.07) is 16.3. The van der Waals surface area contributed by atoms with Gasteiger partial charge in [0, 0.05) is 49.7 Å². The Morgan fingerprint density at radius 1 is 0.949 bits per heavy atom. The second-order valence-corrected chi connectivity index (χ2v) is 10.8. The summed E-state index contributed by atoms with van der Waals surface area (Å²) in [6.07, 6.45) is 5.73. The van der Waals surface area contributed by atoms with Gasteiger partial charge >= 0.3 is 0 Å². The molecule has 3 aliphatic rings. The minimum absolute atomic E-state index is 0.128. The zero-order valence-electron chi connectivity index (χ0n) is 22.0. The number of benzene rings is 2. The quantitative estimate of drug-likeness (QED) is 0.406. The molecule has 1 saturated heterocycles. The van der Waals surface area contributed by atoms with Crippen LogP contribution in [0.1, 0.15) is 61.1 Å². The van der Waals surface area contributed by atoms with Crippen molar-refractivity contribution in [1.82, 2.24) is 35.0 Å². The molecule has 202 valence electrons. The summed E-state index contributed by atoms with van der Waals surface area (Å²) in [7, 11) is 0. The molecular formula is C29H33N7O3. The monoisotopic (exact) mass is 527 g/mol. The third-order valence-corrected chi connectivity index (χ3v) is 8.37. The molecule has 1 N–H and O–H groups in total. The molecule has 39 heavy (non-hydrogen) atoms. The van der Waals surface area contributed by atoms with Crippen LogP contribution < -0.4 is 15.0 Å². The van der Waals surface area contributed by atoms with Crippen LogP contribution in [-0.2, 0) is 6.54 Å². The van der Waals surface area contributed by atoms with Gasteiger partial charge in [-0.15, -0.1) is 5.10 Å². The van der Waals surface area contributed by atoms with E-state index in [4.69, 9.17) is 9.47 Å². The van der Waals surface area contributed by atoms with E-state index in [1.54, 1.807) is 0 Å². The van der Waals surface area contributed by atoms with Gasteiger partial charge in [-0.2, -0.15) is 0 Å². The third kappa shape index (κ3) is 4.79. The molecule has 4 aromatic rings. The molecule has 0 amide bonds. The highest BCUT2D eigenvalue weighted by atomic mass is 16.7. The van der Waals surface area contributed by atoms with Gasteiger partial charge in [0.15, 0.2) is 17.3 Å². The molecule has 2 aliphatic heterocycles. The average Bonchev–Trinajstić information content (AvgIpc) is 3.64. The highest BCUT2D eigenvalue weighted by molar-refractivity contribution is 5.83. The second-order valence-electron chi connectivity index (χ2n) is 10.8. The fourth-order valence-electron chi connectivity index (χ4n) is 6.30. The van der Waals surface area contributed by atoms with Gasteiger partial charge in [-0.1, -0.05) is 49.6 Å². The molecule has 10 nitrogen and oxygen atoms in total. The van der Waals surface area contributed by atoms with E-state index >= 15 is 0 Å². The van der Waals surface area contributed by atoms with Crippen LogP contribution in [0.15, 0.2) is 53.3 Å². The number of pyridine rings is 1. The molecule has 1 aliphatic carbocycles. The van der Waals surface area contributed by atoms with Gasteiger partial charge in [0.2, 0.25) is 6.79 Å². The van der Waals surface area contributed by atoms with Crippen LogP contribution >= 0.6 is 0 Å². The van der Waals surface area contributed by atoms with E-state index in [9.17, 15) is 4.79 Å². The largest absolute Gasteiger partial charge is 0.454 e. The molecule has 0 radical (unpaired) electrons. The predicted molar refractivity (Wildman–Crippen MR) is 146 cm³/mol. The van der Waals surface area contributed by atoms with Crippen molar-refractivity contribution in [1.29, 1.82) is 0 Å². The summed E-state index contributed by atoms with van der Waals surface area (Å²) in [5.41, 5.74) is 2.57. The van der Waals surface area contributed by atoms with Crippen molar-refractivity contribution in [2.75, 3.05) is 33.0 Å². The maximum absolute atomic E-state index is 13.7. The molecule has 0 spiro atoms. The van der Waals surface area contributed by atoms with Crippen LogP contribution in [0.5, 0.6) is 11.5 Å². The van der Waals surface area contributed by atoms with E-state index in [1.807, 2.05) is 22.9 Å². The van der Waals surface area contributed by atoms with Crippen LogP contribution in [0.4, 0.5) is 0 Å². The minimum atomic E-state index is -0.348. The molecule has 7 rings (SSSR count). The Balaban J connectivity index is 1.24.